The number of amides is 1. The maximum Gasteiger partial charge on any atom is 0.331 e. The van der Waals surface area contributed by atoms with Crippen molar-refractivity contribution in [3.05, 3.63) is 59.2 Å². The Bertz CT molecular complexity index is 1140. The van der Waals surface area contributed by atoms with Crippen molar-refractivity contribution < 1.29 is 22.7 Å². The standard InChI is InChI=1S/C21H23N3O5S/c1-12-9-10-13(2)17(11-12)23-20(25)15(4)29-21(26)14(3)22-19-16-7-5-6-8-18(16)30(27,28)24-19/h5-11,14-15H,1-4H3,(H,22,24)(H,23,25)/t14-,15?/m0/s1. The molecule has 0 saturated carbocycles. The van der Waals surface area contributed by atoms with Crippen LogP contribution < -0.4 is 10.0 Å². The highest BCUT2D eigenvalue weighted by atomic mass is 32.2. The SMILES string of the molecule is Cc1ccc(C)c(NC(=O)C(C)OC(=O)[C@H](C)N=C2NS(=O)(=O)c3ccccc32)c1. The highest BCUT2D eigenvalue weighted by Gasteiger charge is 2.31. The second-order valence-electron chi connectivity index (χ2n) is 7.14. The Morgan fingerprint density at radius 2 is 1.80 bits per heavy atom. The molecule has 0 bridgehead atoms. The van der Waals surface area contributed by atoms with Crippen LogP contribution in [0.5, 0.6) is 0 Å². The van der Waals surface area contributed by atoms with Crippen LogP contribution in [0.1, 0.15) is 30.5 Å². The Morgan fingerprint density at radius 3 is 2.53 bits per heavy atom. The van der Waals surface area contributed by atoms with E-state index >= 15 is 0 Å². The molecule has 0 aromatic heterocycles. The number of amidine groups is 1. The number of hydrogen-bond acceptors (Lipinski definition) is 6. The monoisotopic (exact) mass is 429 g/mol. The molecule has 158 valence electrons. The van der Waals surface area contributed by atoms with Crippen LogP contribution in [0.4, 0.5) is 5.69 Å². The van der Waals surface area contributed by atoms with Gasteiger partial charge in [0.25, 0.3) is 15.9 Å². The summed E-state index contributed by atoms with van der Waals surface area (Å²) in [6, 6.07) is 11.0. The summed E-state index contributed by atoms with van der Waals surface area (Å²) in [5.74, 6) is -1.14. The molecular formula is C21H23N3O5S. The molecule has 30 heavy (non-hydrogen) atoms. The third-order valence-corrected chi connectivity index (χ3v) is 6.04. The van der Waals surface area contributed by atoms with Gasteiger partial charge in [0.1, 0.15) is 11.9 Å². The van der Waals surface area contributed by atoms with E-state index in [1.54, 1.807) is 18.2 Å². The molecule has 1 aliphatic rings. The van der Waals surface area contributed by atoms with Crippen molar-refractivity contribution in [2.45, 2.75) is 44.7 Å². The zero-order chi connectivity index (χ0) is 22.1. The summed E-state index contributed by atoms with van der Waals surface area (Å²) in [6.45, 7) is 6.71. The number of nitrogens with zero attached hydrogens (tertiary/aromatic N) is 1. The first-order valence-electron chi connectivity index (χ1n) is 9.37. The van der Waals surface area contributed by atoms with Gasteiger partial charge in [-0.15, -0.1) is 0 Å². The number of hydrogen-bond donors (Lipinski definition) is 2. The molecule has 8 nitrogen and oxygen atoms in total. The molecular weight excluding hydrogens is 406 g/mol. The van der Waals surface area contributed by atoms with Gasteiger partial charge in [0.05, 0.1) is 4.90 Å². The minimum absolute atomic E-state index is 0.0718. The number of aliphatic imine (C=N–C) groups is 1. The number of sulfonamides is 1. The second kappa shape index (κ2) is 8.27. The highest BCUT2D eigenvalue weighted by Crippen LogP contribution is 2.23. The topological polar surface area (TPSA) is 114 Å². The van der Waals surface area contributed by atoms with Gasteiger partial charge in [-0.2, -0.15) is 0 Å². The summed E-state index contributed by atoms with van der Waals surface area (Å²) < 4.78 is 31.9. The molecule has 1 aliphatic heterocycles. The van der Waals surface area contributed by atoms with Crippen molar-refractivity contribution in [3.63, 3.8) is 0 Å². The number of aryl methyl sites for hydroxylation is 2. The van der Waals surface area contributed by atoms with E-state index in [1.165, 1.54) is 19.9 Å². The molecule has 0 fully saturated rings. The number of carbonyl (C=O) groups is 2. The highest BCUT2D eigenvalue weighted by molar-refractivity contribution is 7.90. The Kier molecular flexibility index (Phi) is 5.93. The molecule has 2 aromatic rings. The lowest BCUT2D eigenvalue weighted by Crippen LogP contribution is -2.34. The molecule has 0 saturated heterocycles. The number of esters is 1. The van der Waals surface area contributed by atoms with E-state index in [0.29, 0.717) is 11.3 Å². The molecule has 3 rings (SSSR count). The fourth-order valence-corrected chi connectivity index (χ4v) is 4.15. The fraction of sp³-hybridized carbons (Fsp3) is 0.286. The number of nitrogens with one attached hydrogen (secondary N) is 2. The van der Waals surface area contributed by atoms with Crippen molar-refractivity contribution in [1.29, 1.82) is 0 Å². The van der Waals surface area contributed by atoms with Crippen LogP contribution in [0.15, 0.2) is 52.4 Å². The van der Waals surface area contributed by atoms with Crippen molar-refractivity contribution in [2.24, 2.45) is 4.99 Å². The molecule has 0 radical (unpaired) electrons. The van der Waals surface area contributed by atoms with Gasteiger partial charge in [-0.25, -0.2) is 13.2 Å². The smallest absolute Gasteiger partial charge is 0.331 e. The van der Waals surface area contributed by atoms with Crippen LogP contribution in [0.3, 0.4) is 0 Å². The normalized spacial score (nSPS) is 17.5. The molecule has 0 aliphatic carbocycles. The molecule has 1 heterocycles. The summed E-state index contributed by atoms with van der Waals surface area (Å²) >= 11 is 0. The number of fused-ring (bicyclic) bond motifs is 1. The third-order valence-electron chi connectivity index (χ3n) is 4.64. The van der Waals surface area contributed by atoms with Crippen LogP contribution in [0.25, 0.3) is 0 Å². The van der Waals surface area contributed by atoms with E-state index in [1.807, 2.05) is 32.0 Å². The summed E-state index contributed by atoms with van der Waals surface area (Å²) in [5, 5.41) is 2.75. The second-order valence-corrected chi connectivity index (χ2v) is 8.79. The predicted molar refractivity (Wildman–Crippen MR) is 113 cm³/mol. The summed E-state index contributed by atoms with van der Waals surface area (Å²) in [4.78, 5) is 29.1. The lowest BCUT2D eigenvalue weighted by atomic mass is 10.1. The van der Waals surface area contributed by atoms with Gasteiger partial charge in [0, 0.05) is 11.3 Å². The first-order valence-corrected chi connectivity index (χ1v) is 10.9. The summed E-state index contributed by atoms with van der Waals surface area (Å²) in [6.07, 6.45) is -1.05. The average Bonchev–Trinajstić information content (AvgIpc) is 2.95. The molecule has 2 N–H and O–H groups in total. The molecule has 0 spiro atoms. The number of rotatable bonds is 5. The van der Waals surface area contributed by atoms with Crippen LogP contribution in [0.2, 0.25) is 0 Å². The number of ether oxygens (including phenoxy) is 1. The number of anilines is 1. The van der Waals surface area contributed by atoms with E-state index in [0.717, 1.165) is 11.1 Å². The van der Waals surface area contributed by atoms with Crippen LogP contribution in [-0.2, 0) is 24.3 Å². The van der Waals surface area contributed by atoms with E-state index in [4.69, 9.17) is 4.74 Å². The van der Waals surface area contributed by atoms with Crippen molar-refractivity contribution in [3.8, 4) is 0 Å². The van der Waals surface area contributed by atoms with E-state index < -0.39 is 34.0 Å². The lowest BCUT2D eigenvalue weighted by Gasteiger charge is -2.16. The molecule has 2 atom stereocenters. The van der Waals surface area contributed by atoms with Crippen LogP contribution >= 0.6 is 0 Å². The van der Waals surface area contributed by atoms with Gasteiger partial charge in [-0.05, 0) is 57.0 Å². The minimum atomic E-state index is -3.70. The minimum Gasteiger partial charge on any atom is -0.451 e. The summed E-state index contributed by atoms with van der Waals surface area (Å²) in [5.41, 5.74) is 2.91. The Labute approximate surface area is 175 Å². The third kappa shape index (κ3) is 4.51. The largest absolute Gasteiger partial charge is 0.451 e. The van der Waals surface area contributed by atoms with Crippen molar-refractivity contribution >= 4 is 33.4 Å². The molecule has 1 amide bonds. The number of carbonyl (C=O) groups excluding carboxylic acids is 2. The molecule has 2 aromatic carbocycles. The molecule has 1 unspecified atom stereocenters. The Morgan fingerprint density at radius 1 is 1.10 bits per heavy atom. The first kappa shape index (κ1) is 21.5. The zero-order valence-electron chi connectivity index (χ0n) is 17.1. The maximum atomic E-state index is 12.4. The molecule has 9 heteroatoms. The van der Waals surface area contributed by atoms with Crippen molar-refractivity contribution in [2.75, 3.05) is 5.32 Å². The van der Waals surface area contributed by atoms with Crippen LogP contribution in [0, 0.1) is 13.8 Å². The lowest BCUT2D eigenvalue weighted by molar-refractivity contribution is -0.153. The average molecular weight is 429 g/mol. The Balaban J connectivity index is 1.68. The Hall–Kier alpha value is -3.20. The van der Waals surface area contributed by atoms with Gasteiger partial charge >= 0.3 is 5.97 Å². The van der Waals surface area contributed by atoms with Gasteiger partial charge < -0.3 is 10.1 Å². The van der Waals surface area contributed by atoms with Crippen LogP contribution in [-0.4, -0.2) is 38.3 Å². The van der Waals surface area contributed by atoms with Gasteiger partial charge in [0.15, 0.2) is 6.10 Å². The van der Waals surface area contributed by atoms with Gasteiger partial charge in [-0.3, -0.25) is 14.5 Å². The van der Waals surface area contributed by atoms with Crippen molar-refractivity contribution in [1.82, 2.24) is 4.72 Å². The zero-order valence-corrected chi connectivity index (χ0v) is 17.9. The first-order chi connectivity index (χ1) is 14.1. The predicted octanol–water partition coefficient (Wildman–Crippen LogP) is 2.30. The van der Waals surface area contributed by atoms with E-state index in [9.17, 15) is 18.0 Å². The fourth-order valence-electron chi connectivity index (χ4n) is 2.91. The maximum absolute atomic E-state index is 12.4. The van der Waals surface area contributed by atoms with Gasteiger partial charge in [-0.1, -0.05) is 24.3 Å². The quantitative estimate of drug-likeness (QED) is 0.708. The van der Waals surface area contributed by atoms with Gasteiger partial charge in [0.2, 0.25) is 0 Å². The van der Waals surface area contributed by atoms with E-state index in [-0.39, 0.29) is 10.7 Å². The summed E-state index contributed by atoms with van der Waals surface area (Å²) in [7, 11) is -3.70. The van der Waals surface area contributed by atoms with E-state index in [2.05, 4.69) is 15.0 Å². The number of benzene rings is 2.